The highest BCUT2D eigenvalue weighted by Crippen LogP contribution is 2.29. The molecule has 4 N–H and O–H groups in total. The molecule has 1 aromatic carbocycles. The van der Waals surface area contributed by atoms with Gasteiger partial charge in [-0.15, -0.1) is 0 Å². The molecule has 6 heteroatoms. The molecule has 0 spiro atoms. The van der Waals surface area contributed by atoms with Gasteiger partial charge in [0.2, 0.25) is 0 Å². The molecule has 0 aliphatic carbocycles. The van der Waals surface area contributed by atoms with E-state index in [0.717, 1.165) is 0 Å². The molecule has 20 heavy (non-hydrogen) atoms. The lowest BCUT2D eigenvalue weighted by Gasteiger charge is -2.33. The Morgan fingerprint density at radius 1 is 1.35 bits per heavy atom. The number of hydrogen-bond donors (Lipinski definition) is 2. The van der Waals surface area contributed by atoms with Crippen LogP contribution in [-0.2, 0) is 9.47 Å². The summed E-state index contributed by atoms with van der Waals surface area (Å²) in [6.07, 6.45) is 0. The zero-order valence-electron chi connectivity index (χ0n) is 12.3. The van der Waals surface area contributed by atoms with Gasteiger partial charge in [0.05, 0.1) is 30.2 Å². The van der Waals surface area contributed by atoms with Gasteiger partial charge in [0.15, 0.2) is 0 Å². The number of carbonyl (C=O) groups is 1. The van der Waals surface area contributed by atoms with Crippen LogP contribution in [0, 0.1) is 0 Å². The van der Waals surface area contributed by atoms with Gasteiger partial charge in [-0.3, -0.25) is 4.79 Å². The molecular formula is C14H23N3O3. The molecule has 0 aliphatic rings. The van der Waals surface area contributed by atoms with Crippen LogP contribution in [0.3, 0.4) is 0 Å². The van der Waals surface area contributed by atoms with Gasteiger partial charge in [0.25, 0.3) is 5.91 Å². The number of primary amides is 1. The third-order valence-electron chi connectivity index (χ3n) is 3.10. The fourth-order valence-corrected chi connectivity index (χ4v) is 2.15. The van der Waals surface area contributed by atoms with Crippen LogP contribution < -0.4 is 16.4 Å². The maximum Gasteiger partial charge on any atom is 0.250 e. The molecule has 0 aromatic heterocycles. The van der Waals surface area contributed by atoms with E-state index in [-0.39, 0.29) is 6.04 Å². The van der Waals surface area contributed by atoms with Crippen molar-refractivity contribution in [3.8, 4) is 0 Å². The lowest BCUT2D eigenvalue weighted by molar-refractivity contribution is 0.1000. The minimum absolute atomic E-state index is 0.0398. The summed E-state index contributed by atoms with van der Waals surface area (Å²) in [5, 5.41) is 0. The second-order valence-corrected chi connectivity index (χ2v) is 4.60. The van der Waals surface area contributed by atoms with Gasteiger partial charge in [-0.05, 0) is 19.1 Å². The van der Waals surface area contributed by atoms with E-state index in [4.69, 9.17) is 20.9 Å². The first-order valence-electron chi connectivity index (χ1n) is 6.45. The lowest BCUT2D eigenvalue weighted by atomic mass is 10.1. The maximum absolute atomic E-state index is 11.6. The zero-order chi connectivity index (χ0) is 15.1. The van der Waals surface area contributed by atoms with E-state index in [1.54, 1.807) is 32.4 Å². The van der Waals surface area contributed by atoms with Crippen molar-refractivity contribution < 1.29 is 14.3 Å². The van der Waals surface area contributed by atoms with E-state index in [1.165, 1.54) is 0 Å². The van der Waals surface area contributed by atoms with E-state index < -0.39 is 5.91 Å². The summed E-state index contributed by atoms with van der Waals surface area (Å²) in [7, 11) is 3.26. The number of benzene rings is 1. The highest BCUT2D eigenvalue weighted by molar-refractivity contribution is 6.01. The Morgan fingerprint density at radius 3 is 2.60 bits per heavy atom. The smallest absolute Gasteiger partial charge is 0.250 e. The number of nitrogens with two attached hydrogens (primary N) is 2. The van der Waals surface area contributed by atoms with Crippen molar-refractivity contribution in [2.75, 3.05) is 44.6 Å². The lowest BCUT2D eigenvalue weighted by Crippen LogP contribution is -2.40. The third-order valence-corrected chi connectivity index (χ3v) is 3.10. The van der Waals surface area contributed by atoms with Crippen molar-refractivity contribution in [1.29, 1.82) is 0 Å². The minimum atomic E-state index is -0.501. The predicted molar refractivity (Wildman–Crippen MR) is 79.9 cm³/mol. The monoisotopic (exact) mass is 281 g/mol. The molecule has 112 valence electrons. The van der Waals surface area contributed by atoms with E-state index in [2.05, 4.69) is 0 Å². The molecule has 0 saturated heterocycles. The molecule has 1 aromatic rings. The molecule has 1 rings (SSSR count). The Morgan fingerprint density at radius 2 is 2.05 bits per heavy atom. The first kappa shape index (κ1) is 16.3. The van der Waals surface area contributed by atoms with Crippen LogP contribution in [0.25, 0.3) is 0 Å². The summed E-state index contributed by atoms with van der Waals surface area (Å²) in [6.45, 7) is 3.61. The standard InChI is InChI=1S/C14H23N3O3/c1-10(9-20-3)17(7-8-19-2)13-11(14(16)18)5-4-6-12(13)15/h4-6,10H,7-9,15H2,1-3H3,(H2,16,18). The van der Waals surface area contributed by atoms with Crippen molar-refractivity contribution in [3.05, 3.63) is 23.8 Å². The van der Waals surface area contributed by atoms with Crippen LogP contribution in [0.5, 0.6) is 0 Å². The predicted octanol–water partition coefficient (Wildman–Crippen LogP) is 0.855. The zero-order valence-corrected chi connectivity index (χ0v) is 12.3. The van der Waals surface area contributed by atoms with Gasteiger partial charge in [-0.25, -0.2) is 0 Å². The molecule has 0 bridgehead atoms. The Hall–Kier alpha value is -1.79. The summed E-state index contributed by atoms with van der Waals surface area (Å²) in [6, 6.07) is 5.18. The third kappa shape index (κ3) is 3.85. The number of rotatable bonds is 8. The molecule has 1 amide bonds. The van der Waals surface area contributed by atoms with Crippen molar-refractivity contribution >= 4 is 17.3 Å². The number of carbonyl (C=O) groups excluding carboxylic acids is 1. The van der Waals surface area contributed by atoms with Gasteiger partial charge in [-0.1, -0.05) is 6.07 Å². The Labute approximate surface area is 119 Å². The number of ether oxygens (including phenoxy) is 2. The van der Waals surface area contributed by atoms with E-state index in [1.807, 2.05) is 11.8 Å². The van der Waals surface area contributed by atoms with E-state index >= 15 is 0 Å². The maximum atomic E-state index is 11.6. The largest absolute Gasteiger partial charge is 0.397 e. The molecule has 0 radical (unpaired) electrons. The SMILES string of the molecule is COCCN(c1c(N)cccc1C(N)=O)C(C)COC. The number of methoxy groups -OCH3 is 2. The molecule has 0 aliphatic heterocycles. The minimum Gasteiger partial charge on any atom is -0.397 e. The van der Waals surface area contributed by atoms with Gasteiger partial charge in [0.1, 0.15) is 0 Å². The quantitative estimate of drug-likeness (QED) is 0.689. The Bertz CT molecular complexity index is 451. The van der Waals surface area contributed by atoms with Crippen molar-refractivity contribution in [2.24, 2.45) is 5.73 Å². The molecule has 0 fully saturated rings. The highest BCUT2D eigenvalue weighted by atomic mass is 16.5. The normalized spacial score (nSPS) is 12.2. The van der Waals surface area contributed by atoms with Crippen molar-refractivity contribution in [1.82, 2.24) is 0 Å². The second-order valence-electron chi connectivity index (χ2n) is 4.60. The first-order valence-corrected chi connectivity index (χ1v) is 6.45. The van der Waals surface area contributed by atoms with Crippen LogP contribution >= 0.6 is 0 Å². The average Bonchev–Trinajstić information content (AvgIpc) is 2.40. The molecule has 1 atom stereocenters. The number of anilines is 2. The molecule has 0 heterocycles. The van der Waals surface area contributed by atoms with Crippen LogP contribution in [-0.4, -0.2) is 45.9 Å². The number of nitrogen functional groups attached to an aromatic ring is 1. The Kier molecular flexibility index (Phi) is 6.27. The van der Waals surface area contributed by atoms with E-state index in [9.17, 15) is 4.79 Å². The Balaban J connectivity index is 3.21. The fourth-order valence-electron chi connectivity index (χ4n) is 2.15. The number of hydrogen-bond acceptors (Lipinski definition) is 5. The summed E-state index contributed by atoms with van der Waals surface area (Å²) < 4.78 is 10.3. The average molecular weight is 281 g/mol. The van der Waals surface area contributed by atoms with E-state index in [0.29, 0.717) is 36.7 Å². The fraction of sp³-hybridized carbons (Fsp3) is 0.500. The molecule has 0 saturated carbocycles. The molecule has 6 nitrogen and oxygen atoms in total. The molecular weight excluding hydrogens is 258 g/mol. The topological polar surface area (TPSA) is 90.8 Å². The second kappa shape index (κ2) is 7.72. The summed E-state index contributed by atoms with van der Waals surface area (Å²) in [5.41, 5.74) is 13.0. The van der Waals surface area contributed by atoms with Crippen molar-refractivity contribution in [2.45, 2.75) is 13.0 Å². The van der Waals surface area contributed by atoms with Gasteiger partial charge in [-0.2, -0.15) is 0 Å². The number of para-hydroxylation sites is 1. The summed E-state index contributed by atoms with van der Waals surface area (Å²) in [5.74, 6) is -0.501. The van der Waals surface area contributed by atoms with Crippen molar-refractivity contribution in [3.63, 3.8) is 0 Å². The van der Waals surface area contributed by atoms with Gasteiger partial charge < -0.3 is 25.8 Å². The van der Waals surface area contributed by atoms with Crippen LogP contribution in [0.15, 0.2) is 18.2 Å². The van der Waals surface area contributed by atoms with Gasteiger partial charge >= 0.3 is 0 Å². The number of nitrogens with zero attached hydrogens (tertiary/aromatic N) is 1. The summed E-state index contributed by atoms with van der Waals surface area (Å²) >= 11 is 0. The highest BCUT2D eigenvalue weighted by Gasteiger charge is 2.21. The van der Waals surface area contributed by atoms with Crippen LogP contribution in [0.4, 0.5) is 11.4 Å². The number of amides is 1. The first-order chi connectivity index (χ1) is 9.52. The molecule has 1 unspecified atom stereocenters. The summed E-state index contributed by atoms with van der Waals surface area (Å²) in [4.78, 5) is 13.6. The van der Waals surface area contributed by atoms with Gasteiger partial charge in [0, 0.05) is 26.8 Å². The van der Waals surface area contributed by atoms with Crippen LogP contribution in [0.2, 0.25) is 0 Å². The van der Waals surface area contributed by atoms with Crippen LogP contribution in [0.1, 0.15) is 17.3 Å².